The van der Waals surface area contributed by atoms with Crippen molar-refractivity contribution < 1.29 is 9.53 Å². The van der Waals surface area contributed by atoms with Crippen molar-refractivity contribution in [2.24, 2.45) is 0 Å². The van der Waals surface area contributed by atoms with E-state index in [4.69, 9.17) is 4.74 Å². The number of benzene rings is 1. The van der Waals surface area contributed by atoms with Gasteiger partial charge in [0.2, 0.25) is 5.91 Å². The molecule has 1 aromatic carbocycles. The number of carbonyl (C=O) groups excluding carboxylic acids is 1. The van der Waals surface area contributed by atoms with Crippen molar-refractivity contribution >= 4 is 11.6 Å². The zero-order valence-corrected chi connectivity index (χ0v) is 11.2. The molecule has 0 radical (unpaired) electrons. The molecule has 19 heavy (non-hydrogen) atoms. The van der Waals surface area contributed by atoms with Crippen molar-refractivity contribution in [3.05, 3.63) is 29.8 Å². The average Bonchev–Trinajstić information content (AvgIpc) is 2.47. The highest BCUT2D eigenvalue weighted by atomic mass is 16.5. The monoisotopic (exact) mass is 260 g/mol. The smallest absolute Gasteiger partial charge is 0.227 e. The fraction of sp³-hybridized carbons (Fsp3) is 0.533. The van der Waals surface area contributed by atoms with Gasteiger partial charge in [-0.05, 0) is 18.1 Å². The minimum atomic E-state index is 0.256. The molecule has 1 fully saturated rings. The summed E-state index contributed by atoms with van der Waals surface area (Å²) in [5.74, 6) is 0.256. The van der Waals surface area contributed by atoms with Gasteiger partial charge >= 0.3 is 0 Å². The molecule has 0 N–H and O–H groups in total. The van der Waals surface area contributed by atoms with Gasteiger partial charge in [-0.2, -0.15) is 0 Å². The zero-order chi connectivity index (χ0) is 13.1. The van der Waals surface area contributed by atoms with Crippen LogP contribution in [0, 0.1) is 0 Å². The Bertz CT molecular complexity index is 455. The molecule has 0 spiro atoms. The summed E-state index contributed by atoms with van der Waals surface area (Å²) in [7, 11) is 0. The van der Waals surface area contributed by atoms with Gasteiger partial charge in [-0.3, -0.25) is 9.69 Å². The minimum Gasteiger partial charge on any atom is -0.379 e. The Balaban J connectivity index is 1.67. The predicted octanol–water partition coefficient (Wildman–Crippen LogP) is 1.30. The predicted molar refractivity (Wildman–Crippen MR) is 74.4 cm³/mol. The molecule has 0 saturated carbocycles. The first-order chi connectivity index (χ1) is 9.34. The van der Waals surface area contributed by atoms with Crippen molar-refractivity contribution in [1.82, 2.24) is 4.90 Å². The molecule has 4 nitrogen and oxygen atoms in total. The van der Waals surface area contributed by atoms with Crippen LogP contribution in [0.3, 0.4) is 0 Å². The third-order valence-electron chi connectivity index (χ3n) is 3.94. The molecule has 0 unspecified atom stereocenters. The lowest BCUT2D eigenvalue weighted by molar-refractivity contribution is -0.119. The number of rotatable bonds is 3. The number of ether oxygens (including phenoxy) is 1. The number of hydrogen-bond donors (Lipinski definition) is 0. The molecule has 0 atom stereocenters. The minimum absolute atomic E-state index is 0.256. The molecule has 0 aromatic heterocycles. The SMILES string of the molecule is O=C1CCc2ccccc2N1CCN1CCOCC1. The lowest BCUT2D eigenvalue weighted by Crippen LogP contribution is -2.44. The van der Waals surface area contributed by atoms with Crippen molar-refractivity contribution in [2.45, 2.75) is 12.8 Å². The van der Waals surface area contributed by atoms with Gasteiger partial charge < -0.3 is 9.64 Å². The van der Waals surface area contributed by atoms with Gasteiger partial charge in [-0.15, -0.1) is 0 Å². The van der Waals surface area contributed by atoms with Crippen LogP contribution in [-0.2, 0) is 16.0 Å². The highest BCUT2D eigenvalue weighted by Gasteiger charge is 2.24. The van der Waals surface area contributed by atoms with E-state index in [1.165, 1.54) is 5.56 Å². The molecule has 102 valence electrons. The summed E-state index contributed by atoms with van der Waals surface area (Å²) in [5.41, 5.74) is 2.40. The Labute approximate surface area is 113 Å². The van der Waals surface area contributed by atoms with Crippen LogP contribution in [0.1, 0.15) is 12.0 Å². The Morgan fingerprint density at radius 2 is 1.84 bits per heavy atom. The van der Waals surface area contributed by atoms with E-state index in [1.807, 2.05) is 11.0 Å². The summed E-state index contributed by atoms with van der Waals surface area (Å²) in [6.45, 7) is 5.29. The molecular formula is C15H20N2O2. The van der Waals surface area contributed by atoms with Gasteiger partial charge in [0, 0.05) is 38.3 Å². The van der Waals surface area contributed by atoms with Gasteiger partial charge in [-0.25, -0.2) is 0 Å². The second-order valence-electron chi connectivity index (χ2n) is 5.13. The van der Waals surface area contributed by atoms with E-state index in [0.29, 0.717) is 6.42 Å². The van der Waals surface area contributed by atoms with E-state index < -0.39 is 0 Å². The van der Waals surface area contributed by atoms with Crippen LogP contribution in [0.25, 0.3) is 0 Å². The molecule has 2 aliphatic rings. The number of fused-ring (bicyclic) bond motifs is 1. The maximum Gasteiger partial charge on any atom is 0.227 e. The first-order valence-corrected chi connectivity index (χ1v) is 7.03. The molecule has 3 rings (SSSR count). The maximum absolute atomic E-state index is 12.1. The fourth-order valence-corrected chi connectivity index (χ4v) is 2.81. The second-order valence-corrected chi connectivity index (χ2v) is 5.13. The van der Waals surface area contributed by atoms with E-state index >= 15 is 0 Å². The van der Waals surface area contributed by atoms with E-state index in [0.717, 1.165) is 51.5 Å². The number of anilines is 1. The molecule has 4 heteroatoms. The first kappa shape index (κ1) is 12.6. The van der Waals surface area contributed by atoms with Crippen LogP contribution in [0.4, 0.5) is 5.69 Å². The van der Waals surface area contributed by atoms with E-state index in [9.17, 15) is 4.79 Å². The van der Waals surface area contributed by atoms with Gasteiger partial charge in [0.15, 0.2) is 0 Å². The summed E-state index contributed by atoms with van der Waals surface area (Å²) in [6.07, 6.45) is 1.52. The normalized spacial score (nSPS) is 20.4. The second kappa shape index (κ2) is 5.72. The molecule has 0 bridgehead atoms. The Morgan fingerprint density at radius 1 is 1.05 bits per heavy atom. The number of morpholine rings is 1. The van der Waals surface area contributed by atoms with E-state index in [2.05, 4.69) is 23.1 Å². The highest BCUT2D eigenvalue weighted by Crippen LogP contribution is 2.27. The fourth-order valence-electron chi connectivity index (χ4n) is 2.81. The molecule has 0 aliphatic carbocycles. The molecule has 2 heterocycles. The lowest BCUT2D eigenvalue weighted by Gasteiger charge is -2.33. The number of hydrogen-bond acceptors (Lipinski definition) is 3. The lowest BCUT2D eigenvalue weighted by atomic mass is 10.0. The van der Waals surface area contributed by atoms with Gasteiger partial charge in [-0.1, -0.05) is 18.2 Å². The quantitative estimate of drug-likeness (QED) is 0.821. The number of amides is 1. The van der Waals surface area contributed by atoms with Gasteiger partial charge in [0.05, 0.1) is 13.2 Å². The van der Waals surface area contributed by atoms with Gasteiger partial charge in [0.25, 0.3) is 0 Å². The van der Waals surface area contributed by atoms with Crippen LogP contribution in [0.2, 0.25) is 0 Å². The molecule has 1 amide bonds. The van der Waals surface area contributed by atoms with Crippen molar-refractivity contribution in [3.63, 3.8) is 0 Å². The molecular weight excluding hydrogens is 240 g/mol. The largest absolute Gasteiger partial charge is 0.379 e. The summed E-state index contributed by atoms with van der Waals surface area (Å²) in [5, 5.41) is 0. The van der Waals surface area contributed by atoms with Crippen LogP contribution < -0.4 is 4.90 Å². The van der Waals surface area contributed by atoms with Gasteiger partial charge in [0.1, 0.15) is 0 Å². The summed E-state index contributed by atoms with van der Waals surface area (Å²) in [6, 6.07) is 8.25. The highest BCUT2D eigenvalue weighted by molar-refractivity contribution is 5.96. The number of para-hydroxylation sites is 1. The molecule has 2 aliphatic heterocycles. The van der Waals surface area contributed by atoms with Crippen LogP contribution >= 0.6 is 0 Å². The van der Waals surface area contributed by atoms with Crippen LogP contribution in [0.15, 0.2) is 24.3 Å². The Hall–Kier alpha value is -1.39. The van der Waals surface area contributed by atoms with Crippen LogP contribution in [-0.4, -0.2) is 50.2 Å². The molecule has 1 saturated heterocycles. The Kier molecular flexibility index (Phi) is 3.80. The van der Waals surface area contributed by atoms with E-state index in [-0.39, 0.29) is 5.91 Å². The number of aryl methyl sites for hydroxylation is 1. The average molecular weight is 260 g/mol. The first-order valence-electron chi connectivity index (χ1n) is 7.03. The van der Waals surface area contributed by atoms with Crippen LogP contribution in [0.5, 0.6) is 0 Å². The Morgan fingerprint density at radius 3 is 2.68 bits per heavy atom. The number of nitrogens with zero attached hydrogens (tertiary/aromatic N) is 2. The zero-order valence-electron chi connectivity index (χ0n) is 11.2. The third-order valence-corrected chi connectivity index (χ3v) is 3.94. The van der Waals surface area contributed by atoms with Crippen molar-refractivity contribution in [2.75, 3.05) is 44.3 Å². The van der Waals surface area contributed by atoms with Crippen molar-refractivity contribution in [1.29, 1.82) is 0 Å². The summed E-state index contributed by atoms with van der Waals surface area (Å²) >= 11 is 0. The third kappa shape index (κ3) is 2.80. The topological polar surface area (TPSA) is 32.8 Å². The standard InChI is InChI=1S/C15H20N2O2/c18-15-6-5-13-3-1-2-4-14(13)17(15)8-7-16-9-11-19-12-10-16/h1-4H,5-12H2. The summed E-state index contributed by atoms with van der Waals surface area (Å²) < 4.78 is 5.35. The number of carbonyl (C=O) groups is 1. The van der Waals surface area contributed by atoms with Crippen molar-refractivity contribution in [3.8, 4) is 0 Å². The maximum atomic E-state index is 12.1. The van der Waals surface area contributed by atoms with E-state index in [1.54, 1.807) is 0 Å². The molecule has 1 aromatic rings. The summed E-state index contributed by atoms with van der Waals surface area (Å²) in [4.78, 5) is 16.4.